The molecule has 4 atom stereocenters. The molecule has 1 rings (SSSR count). The van der Waals surface area contributed by atoms with Gasteiger partial charge in [-0.05, 0) is 31.6 Å². The van der Waals surface area contributed by atoms with Crippen LogP contribution in [0.15, 0.2) is 12.2 Å². The molecule has 0 bridgehead atoms. The molecule has 0 N–H and O–H groups in total. The normalized spacial score (nSPS) is 22.7. The summed E-state index contributed by atoms with van der Waals surface area (Å²) in [7, 11) is 1.76. The second-order valence-electron chi connectivity index (χ2n) is 6.99. The number of unbranched alkanes of at least 4 members (excludes halogenated alkanes) is 1. The zero-order valence-corrected chi connectivity index (χ0v) is 15.2. The van der Waals surface area contributed by atoms with E-state index < -0.39 is 0 Å². The monoisotopic (exact) mass is 309 g/mol. The summed E-state index contributed by atoms with van der Waals surface area (Å²) in [6.45, 7) is 13.6. The third-order valence-corrected chi connectivity index (χ3v) is 5.25. The third kappa shape index (κ3) is 5.12. The molecule has 0 aromatic carbocycles. The van der Waals surface area contributed by atoms with Crippen molar-refractivity contribution in [3.8, 4) is 0 Å². The van der Waals surface area contributed by atoms with Gasteiger partial charge in [-0.25, -0.2) is 0 Å². The van der Waals surface area contributed by atoms with Gasteiger partial charge >= 0.3 is 0 Å². The summed E-state index contributed by atoms with van der Waals surface area (Å²) >= 11 is 0. The molecule has 0 radical (unpaired) electrons. The first-order valence-corrected chi connectivity index (χ1v) is 8.93. The fraction of sp³-hybridized carbons (Fsp3) is 0.842. The lowest BCUT2D eigenvalue weighted by atomic mass is 9.81. The Balaban J connectivity index is 2.71. The maximum absolute atomic E-state index is 12.7. The maximum Gasteiger partial charge on any atom is 0.225 e. The van der Waals surface area contributed by atoms with Gasteiger partial charge in [-0.1, -0.05) is 52.2 Å². The Bertz CT molecular complexity index is 366. The predicted molar refractivity (Wildman–Crippen MR) is 92.8 cm³/mol. The van der Waals surface area contributed by atoms with Gasteiger partial charge in [-0.15, -0.1) is 0 Å². The van der Waals surface area contributed by atoms with Gasteiger partial charge in [0.2, 0.25) is 5.91 Å². The minimum atomic E-state index is 0.0371. The van der Waals surface area contributed by atoms with Crippen molar-refractivity contribution in [1.82, 2.24) is 4.90 Å². The van der Waals surface area contributed by atoms with E-state index in [0.717, 1.165) is 25.8 Å². The number of hydrogen-bond donors (Lipinski definition) is 0. The largest absolute Gasteiger partial charge is 0.381 e. The van der Waals surface area contributed by atoms with E-state index in [0.29, 0.717) is 18.3 Å². The van der Waals surface area contributed by atoms with Crippen molar-refractivity contribution in [2.24, 2.45) is 11.8 Å². The Morgan fingerprint density at radius 1 is 1.45 bits per heavy atom. The van der Waals surface area contributed by atoms with Crippen LogP contribution in [-0.2, 0) is 9.53 Å². The van der Waals surface area contributed by atoms with Crippen molar-refractivity contribution < 1.29 is 9.53 Å². The number of carbonyl (C=O) groups is 1. The second-order valence-corrected chi connectivity index (χ2v) is 6.99. The average molecular weight is 309 g/mol. The highest BCUT2D eigenvalue weighted by Gasteiger charge is 2.32. The fourth-order valence-electron chi connectivity index (χ4n) is 3.60. The molecule has 0 aromatic heterocycles. The van der Waals surface area contributed by atoms with Gasteiger partial charge in [0.1, 0.15) is 0 Å². The van der Waals surface area contributed by atoms with Crippen molar-refractivity contribution >= 4 is 5.91 Å². The zero-order valence-electron chi connectivity index (χ0n) is 15.2. The first kappa shape index (κ1) is 19.2. The Labute approximate surface area is 137 Å². The van der Waals surface area contributed by atoms with E-state index in [1.165, 1.54) is 18.4 Å². The molecule has 1 heterocycles. The van der Waals surface area contributed by atoms with Gasteiger partial charge in [0, 0.05) is 19.7 Å². The molecule has 1 saturated heterocycles. The molecule has 3 heteroatoms. The van der Waals surface area contributed by atoms with Crippen LogP contribution in [0.2, 0.25) is 0 Å². The summed E-state index contributed by atoms with van der Waals surface area (Å²) in [6, 6.07) is 0.287. The lowest BCUT2D eigenvalue weighted by Gasteiger charge is -2.32. The SMILES string of the molecule is C=C1CC(C)N(C(=O)CC(OC)C(CCCC)C(C)CC)C1. The molecule has 0 aromatic rings. The van der Waals surface area contributed by atoms with Gasteiger partial charge in [0.25, 0.3) is 0 Å². The van der Waals surface area contributed by atoms with E-state index in [9.17, 15) is 4.79 Å². The molecule has 0 saturated carbocycles. The number of carbonyl (C=O) groups excluding carboxylic acids is 1. The van der Waals surface area contributed by atoms with Crippen molar-refractivity contribution in [3.63, 3.8) is 0 Å². The minimum absolute atomic E-state index is 0.0371. The molecule has 0 spiro atoms. The first-order valence-electron chi connectivity index (χ1n) is 8.93. The summed E-state index contributed by atoms with van der Waals surface area (Å²) in [5.41, 5.74) is 1.17. The van der Waals surface area contributed by atoms with Crippen LogP contribution in [0.4, 0.5) is 0 Å². The summed E-state index contributed by atoms with van der Waals surface area (Å²) in [5, 5.41) is 0. The van der Waals surface area contributed by atoms with Crippen LogP contribution in [0.5, 0.6) is 0 Å². The Hall–Kier alpha value is -0.830. The summed E-state index contributed by atoms with van der Waals surface area (Å²) in [4.78, 5) is 14.6. The standard InChI is InChI=1S/C19H35NO2/c1-7-9-10-17(15(4)8-2)18(22-6)12-19(21)20-13-14(3)11-16(20)5/h15-18H,3,7-13H2,1-2,4-6H3. The molecular formula is C19H35NO2. The van der Waals surface area contributed by atoms with E-state index in [-0.39, 0.29) is 18.1 Å². The van der Waals surface area contributed by atoms with E-state index in [1.807, 2.05) is 4.90 Å². The topological polar surface area (TPSA) is 29.5 Å². The van der Waals surface area contributed by atoms with Crippen molar-refractivity contribution in [2.75, 3.05) is 13.7 Å². The molecular weight excluding hydrogens is 274 g/mol. The summed E-state index contributed by atoms with van der Waals surface area (Å²) in [5.74, 6) is 1.29. The molecule has 0 aliphatic carbocycles. The van der Waals surface area contributed by atoms with Gasteiger partial charge in [0.15, 0.2) is 0 Å². The highest BCUT2D eigenvalue weighted by atomic mass is 16.5. The van der Waals surface area contributed by atoms with Crippen LogP contribution in [0.1, 0.15) is 66.2 Å². The molecule has 4 unspecified atom stereocenters. The number of rotatable bonds is 9. The Morgan fingerprint density at radius 3 is 2.59 bits per heavy atom. The average Bonchev–Trinajstić information content (AvgIpc) is 2.84. The van der Waals surface area contributed by atoms with Crippen LogP contribution in [0.25, 0.3) is 0 Å². The highest BCUT2D eigenvalue weighted by Crippen LogP contribution is 2.30. The molecule has 1 aliphatic heterocycles. The second kappa shape index (κ2) is 9.34. The van der Waals surface area contributed by atoms with E-state index in [1.54, 1.807) is 7.11 Å². The quantitative estimate of drug-likeness (QED) is 0.590. The zero-order chi connectivity index (χ0) is 16.7. The Kier molecular flexibility index (Phi) is 8.16. The van der Waals surface area contributed by atoms with Crippen molar-refractivity contribution in [2.45, 2.75) is 78.4 Å². The lowest BCUT2D eigenvalue weighted by Crippen LogP contribution is -2.39. The molecule has 22 heavy (non-hydrogen) atoms. The number of likely N-dealkylation sites (tertiary alicyclic amines) is 1. The predicted octanol–water partition coefficient (Wildman–Crippen LogP) is 4.42. The summed E-state index contributed by atoms with van der Waals surface area (Å²) < 4.78 is 5.75. The number of methoxy groups -OCH3 is 1. The summed E-state index contributed by atoms with van der Waals surface area (Å²) in [6.07, 6.45) is 6.18. The third-order valence-electron chi connectivity index (χ3n) is 5.25. The van der Waals surface area contributed by atoms with E-state index >= 15 is 0 Å². The van der Waals surface area contributed by atoms with Gasteiger partial charge in [-0.2, -0.15) is 0 Å². The number of nitrogens with zero attached hydrogens (tertiary/aromatic N) is 1. The molecule has 3 nitrogen and oxygen atoms in total. The van der Waals surface area contributed by atoms with Crippen LogP contribution in [0, 0.1) is 11.8 Å². The number of hydrogen-bond acceptors (Lipinski definition) is 2. The van der Waals surface area contributed by atoms with Crippen LogP contribution in [0.3, 0.4) is 0 Å². The maximum atomic E-state index is 12.7. The molecule has 128 valence electrons. The first-order chi connectivity index (χ1) is 10.4. The van der Waals surface area contributed by atoms with Crippen LogP contribution < -0.4 is 0 Å². The number of ether oxygens (including phenoxy) is 1. The van der Waals surface area contributed by atoms with Gasteiger partial charge < -0.3 is 9.64 Å². The van der Waals surface area contributed by atoms with Gasteiger partial charge in [0.05, 0.1) is 12.5 Å². The minimum Gasteiger partial charge on any atom is -0.381 e. The molecule has 1 fully saturated rings. The smallest absolute Gasteiger partial charge is 0.225 e. The molecule has 1 aliphatic rings. The van der Waals surface area contributed by atoms with Crippen LogP contribution in [-0.4, -0.2) is 36.6 Å². The van der Waals surface area contributed by atoms with E-state index in [4.69, 9.17) is 4.74 Å². The fourth-order valence-corrected chi connectivity index (χ4v) is 3.60. The van der Waals surface area contributed by atoms with E-state index in [2.05, 4.69) is 34.3 Å². The van der Waals surface area contributed by atoms with Crippen LogP contribution >= 0.6 is 0 Å². The number of amides is 1. The Morgan fingerprint density at radius 2 is 2.14 bits per heavy atom. The van der Waals surface area contributed by atoms with Gasteiger partial charge in [-0.3, -0.25) is 4.79 Å². The van der Waals surface area contributed by atoms with Crippen molar-refractivity contribution in [1.29, 1.82) is 0 Å². The lowest BCUT2D eigenvalue weighted by molar-refractivity contribution is -0.135. The highest BCUT2D eigenvalue weighted by molar-refractivity contribution is 5.78. The molecule has 1 amide bonds. The van der Waals surface area contributed by atoms with Crippen molar-refractivity contribution in [3.05, 3.63) is 12.2 Å².